The highest BCUT2D eigenvalue weighted by Crippen LogP contribution is 2.47. The lowest BCUT2D eigenvalue weighted by atomic mass is 9.74. The number of aryl methyl sites for hydroxylation is 1. The summed E-state index contributed by atoms with van der Waals surface area (Å²) in [5, 5.41) is 1.26. The van der Waals surface area contributed by atoms with Gasteiger partial charge in [-0.15, -0.1) is 11.3 Å². The Bertz CT molecular complexity index is 997. The molecule has 1 saturated carbocycles. The van der Waals surface area contributed by atoms with Gasteiger partial charge in [0.15, 0.2) is 0 Å². The van der Waals surface area contributed by atoms with Crippen LogP contribution < -0.4 is 4.90 Å². The number of ether oxygens (including phenoxy) is 1. The molecule has 2 unspecified atom stereocenters. The van der Waals surface area contributed by atoms with Crippen LogP contribution in [-0.4, -0.2) is 59.3 Å². The van der Waals surface area contributed by atoms with Gasteiger partial charge in [-0.3, -0.25) is 4.90 Å². The minimum atomic E-state index is 0.253. The zero-order valence-corrected chi connectivity index (χ0v) is 22.2. The molecule has 3 aliphatic heterocycles. The molecule has 0 radical (unpaired) electrons. The van der Waals surface area contributed by atoms with E-state index < -0.39 is 0 Å². The van der Waals surface area contributed by atoms with E-state index in [0.29, 0.717) is 17.4 Å². The second kappa shape index (κ2) is 9.01. The molecule has 2 spiro atoms. The van der Waals surface area contributed by atoms with Crippen LogP contribution in [0.1, 0.15) is 77.0 Å². The molecular weight excluding hydrogens is 440 g/mol. The van der Waals surface area contributed by atoms with Gasteiger partial charge < -0.3 is 9.64 Å². The Hall–Kier alpha value is -1.24. The zero-order valence-electron chi connectivity index (χ0n) is 21.4. The predicted molar refractivity (Wildman–Crippen MR) is 141 cm³/mol. The summed E-state index contributed by atoms with van der Waals surface area (Å²) in [7, 11) is 0. The molecule has 34 heavy (non-hydrogen) atoms. The number of aromatic nitrogens is 2. The van der Waals surface area contributed by atoms with Gasteiger partial charge in [-0.05, 0) is 62.8 Å². The van der Waals surface area contributed by atoms with Gasteiger partial charge in [0.1, 0.15) is 17.0 Å². The zero-order chi connectivity index (χ0) is 23.3. The Labute approximate surface area is 209 Å². The monoisotopic (exact) mass is 482 g/mol. The molecule has 186 valence electrons. The summed E-state index contributed by atoms with van der Waals surface area (Å²) in [6.07, 6.45) is 13.4. The first-order chi connectivity index (χ1) is 16.5. The molecule has 4 aliphatic rings. The molecule has 2 atom stereocenters. The number of fused-ring (bicyclic) bond motifs is 1. The van der Waals surface area contributed by atoms with Gasteiger partial charge in [-0.25, -0.2) is 9.97 Å². The van der Waals surface area contributed by atoms with Crippen molar-refractivity contribution in [3.05, 3.63) is 17.3 Å². The highest BCUT2D eigenvalue weighted by Gasteiger charge is 2.52. The van der Waals surface area contributed by atoms with E-state index in [0.717, 1.165) is 42.7 Å². The number of anilines is 1. The van der Waals surface area contributed by atoms with Gasteiger partial charge in [0.2, 0.25) is 0 Å². The molecule has 3 saturated heterocycles. The molecular formula is C28H42N4OS. The summed E-state index contributed by atoms with van der Waals surface area (Å²) in [6.45, 7) is 12.8. The maximum atomic E-state index is 6.62. The van der Waals surface area contributed by atoms with E-state index in [4.69, 9.17) is 9.72 Å². The van der Waals surface area contributed by atoms with Gasteiger partial charge in [-0.1, -0.05) is 33.6 Å². The summed E-state index contributed by atoms with van der Waals surface area (Å²) in [5.41, 5.74) is 0.696. The van der Waals surface area contributed by atoms with E-state index in [9.17, 15) is 0 Å². The van der Waals surface area contributed by atoms with Gasteiger partial charge in [0.05, 0.1) is 17.6 Å². The topological polar surface area (TPSA) is 41.5 Å². The lowest BCUT2D eigenvalue weighted by Gasteiger charge is -2.55. The Kier molecular flexibility index (Phi) is 6.14. The van der Waals surface area contributed by atoms with Crippen molar-refractivity contribution in [3.63, 3.8) is 0 Å². The number of nitrogens with zero attached hydrogens (tertiary/aromatic N) is 4. The van der Waals surface area contributed by atoms with Crippen LogP contribution in [0.15, 0.2) is 12.4 Å². The number of hydrogen-bond acceptors (Lipinski definition) is 6. The van der Waals surface area contributed by atoms with E-state index in [2.05, 4.69) is 41.6 Å². The molecule has 5 heterocycles. The van der Waals surface area contributed by atoms with Gasteiger partial charge in [0, 0.05) is 42.5 Å². The third-order valence-electron chi connectivity index (χ3n) is 9.34. The summed E-state index contributed by atoms with van der Waals surface area (Å²) in [6, 6.07) is 3.01. The fourth-order valence-corrected chi connectivity index (χ4v) is 8.40. The Morgan fingerprint density at radius 3 is 2.65 bits per heavy atom. The summed E-state index contributed by atoms with van der Waals surface area (Å²) in [4.78, 5) is 17.2. The standard InChI is InChI=1S/C28H42N4OS/c1-4-22-14-23-25(29-19-30-26(23)34-22)31-12-11-27(16-31)17-32(18-27)24(13-20(2)3)21-7-10-28(33-15-21)8-5-6-9-28/h14,19-21,24H,4-13,15-18H2,1-3H3. The second-order valence-corrected chi connectivity index (χ2v) is 13.4. The van der Waals surface area contributed by atoms with E-state index in [1.165, 1.54) is 74.7 Å². The van der Waals surface area contributed by atoms with E-state index in [-0.39, 0.29) is 5.60 Å². The van der Waals surface area contributed by atoms with Crippen LogP contribution in [0, 0.1) is 17.3 Å². The van der Waals surface area contributed by atoms with Crippen LogP contribution in [0.25, 0.3) is 10.2 Å². The highest BCUT2D eigenvalue weighted by molar-refractivity contribution is 7.18. The second-order valence-electron chi connectivity index (χ2n) is 12.3. The molecule has 5 nitrogen and oxygen atoms in total. The van der Waals surface area contributed by atoms with Crippen molar-refractivity contribution in [1.29, 1.82) is 0 Å². The van der Waals surface area contributed by atoms with Crippen LogP contribution in [0.2, 0.25) is 0 Å². The van der Waals surface area contributed by atoms with Crippen molar-refractivity contribution in [2.75, 3.05) is 37.7 Å². The average Bonchev–Trinajstić information content (AvgIpc) is 3.55. The third-order valence-corrected chi connectivity index (χ3v) is 10.5. The number of thiophene rings is 1. The van der Waals surface area contributed by atoms with E-state index in [1.54, 1.807) is 6.33 Å². The maximum Gasteiger partial charge on any atom is 0.140 e. The smallest absolute Gasteiger partial charge is 0.140 e. The molecule has 2 aromatic heterocycles. The molecule has 1 aliphatic carbocycles. The van der Waals surface area contributed by atoms with Gasteiger partial charge in [-0.2, -0.15) is 0 Å². The molecule has 0 bridgehead atoms. The Morgan fingerprint density at radius 2 is 1.94 bits per heavy atom. The van der Waals surface area contributed by atoms with Crippen LogP contribution >= 0.6 is 11.3 Å². The van der Waals surface area contributed by atoms with E-state index >= 15 is 0 Å². The SMILES string of the molecule is CCc1cc2c(N3CCC4(C3)CN(C(CC(C)C)C3CCC5(CCCC5)OC3)C4)ncnc2s1. The lowest BCUT2D eigenvalue weighted by Crippen LogP contribution is -2.63. The van der Waals surface area contributed by atoms with Crippen molar-refractivity contribution in [3.8, 4) is 0 Å². The fourth-order valence-electron chi connectivity index (χ4n) is 7.47. The van der Waals surface area contributed by atoms with E-state index in [1.807, 2.05) is 11.3 Å². The van der Waals surface area contributed by atoms with Crippen molar-refractivity contribution in [2.24, 2.45) is 17.3 Å². The van der Waals surface area contributed by atoms with Crippen LogP contribution in [0.3, 0.4) is 0 Å². The fraction of sp³-hybridized carbons (Fsp3) is 0.786. The molecule has 6 heteroatoms. The molecule has 0 amide bonds. The Balaban J connectivity index is 1.12. The third kappa shape index (κ3) is 4.18. The van der Waals surface area contributed by atoms with Crippen molar-refractivity contribution in [1.82, 2.24) is 14.9 Å². The first kappa shape index (κ1) is 23.2. The minimum Gasteiger partial charge on any atom is -0.375 e. The molecule has 0 aromatic carbocycles. The largest absolute Gasteiger partial charge is 0.375 e. The van der Waals surface area contributed by atoms with Crippen molar-refractivity contribution in [2.45, 2.75) is 90.2 Å². The number of rotatable bonds is 6. The quantitative estimate of drug-likeness (QED) is 0.511. The summed E-state index contributed by atoms with van der Waals surface area (Å²) >= 11 is 1.82. The molecule has 6 rings (SSSR count). The molecule has 4 fully saturated rings. The lowest BCUT2D eigenvalue weighted by molar-refractivity contribution is -0.129. The summed E-state index contributed by atoms with van der Waals surface area (Å²) < 4.78 is 6.62. The van der Waals surface area contributed by atoms with Crippen molar-refractivity contribution < 1.29 is 4.74 Å². The Morgan fingerprint density at radius 1 is 1.12 bits per heavy atom. The number of likely N-dealkylation sites (tertiary alicyclic amines) is 1. The minimum absolute atomic E-state index is 0.253. The first-order valence-electron chi connectivity index (χ1n) is 13.8. The first-order valence-corrected chi connectivity index (χ1v) is 14.7. The summed E-state index contributed by atoms with van der Waals surface area (Å²) in [5.74, 6) is 2.62. The van der Waals surface area contributed by atoms with Crippen LogP contribution in [-0.2, 0) is 11.2 Å². The van der Waals surface area contributed by atoms with Gasteiger partial charge in [0.25, 0.3) is 0 Å². The van der Waals surface area contributed by atoms with Crippen molar-refractivity contribution >= 4 is 27.4 Å². The maximum absolute atomic E-state index is 6.62. The van der Waals surface area contributed by atoms with Crippen LogP contribution in [0.5, 0.6) is 0 Å². The van der Waals surface area contributed by atoms with Gasteiger partial charge >= 0.3 is 0 Å². The predicted octanol–water partition coefficient (Wildman–Crippen LogP) is 5.92. The number of hydrogen-bond donors (Lipinski definition) is 0. The molecule has 0 N–H and O–H groups in total. The molecule has 2 aromatic rings. The van der Waals surface area contributed by atoms with Crippen LogP contribution in [0.4, 0.5) is 5.82 Å². The average molecular weight is 483 g/mol. The highest BCUT2D eigenvalue weighted by atomic mass is 32.1. The normalized spacial score (nSPS) is 27.3.